The van der Waals surface area contributed by atoms with Crippen molar-refractivity contribution >= 4 is 11.8 Å². The van der Waals surface area contributed by atoms with Crippen LogP contribution in [0, 0.1) is 0 Å². The molecule has 0 radical (unpaired) electrons. The van der Waals surface area contributed by atoms with Gasteiger partial charge in [-0.2, -0.15) is 0 Å². The largest absolute Gasteiger partial charge is 0.126 e. The van der Waals surface area contributed by atoms with Crippen LogP contribution in [0.2, 0.25) is 0 Å². The fraction of sp³-hybridized carbons (Fsp3) is 0.647. The molecule has 100 valence electrons. The fourth-order valence-corrected chi connectivity index (χ4v) is 4.52. The van der Waals surface area contributed by atoms with E-state index in [-0.39, 0.29) is 0 Å². The first-order chi connectivity index (χ1) is 8.82. The lowest BCUT2D eigenvalue weighted by molar-refractivity contribution is 0.323. The molecule has 0 aliphatic carbocycles. The molecule has 0 amide bonds. The maximum absolute atomic E-state index is 2.40. The molecule has 0 unspecified atom stereocenters. The highest BCUT2D eigenvalue weighted by Gasteiger charge is 2.35. The first kappa shape index (κ1) is 14.0. The van der Waals surface area contributed by atoms with E-state index in [0.717, 1.165) is 0 Å². The summed E-state index contributed by atoms with van der Waals surface area (Å²) in [5.41, 5.74) is 2.15. The van der Waals surface area contributed by atoms with Gasteiger partial charge in [0.25, 0.3) is 0 Å². The van der Waals surface area contributed by atoms with Gasteiger partial charge in [0.2, 0.25) is 0 Å². The van der Waals surface area contributed by atoms with Crippen LogP contribution in [0.4, 0.5) is 0 Å². The Morgan fingerprint density at radius 3 is 2.39 bits per heavy atom. The lowest BCUT2D eigenvalue weighted by Crippen LogP contribution is -2.30. The monoisotopic (exact) mass is 262 g/mol. The standard InChI is InChI=1S/C17H26S/c1-3-5-11-17(12-6-4-2)13-14-18-16-10-8-7-9-15(16)17/h7-10H,3-6,11-14H2,1-2H3. The molecule has 0 fully saturated rings. The smallest absolute Gasteiger partial charge is 0.0110 e. The zero-order valence-electron chi connectivity index (χ0n) is 11.9. The Labute approximate surface area is 117 Å². The van der Waals surface area contributed by atoms with Gasteiger partial charge in [0, 0.05) is 4.90 Å². The van der Waals surface area contributed by atoms with Gasteiger partial charge in [0.05, 0.1) is 0 Å². The normalized spacial score (nSPS) is 17.4. The van der Waals surface area contributed by atoms with Crippen LogP contribution in [0.15, 0.2) is 29.2 Å². The predicted octanol–water partition coefficient (Wildman–Crippen LogP) is 5.80. The maximum Gasteiger partial charge on any atom is 0.0110 e. The molecule has 1 heterocycles. The van der Waals surface area contributed by atoms with E-state index in [1.54, 1.807) is 10.5 Å². The van der Waals surface area contributed by atoms with Gasteiger partial charge < -0.3 is 0 Å². The molecule has 0 saturated heterocycles. The summed E-state index contributed by atoms with van der Waals surface area (Å²) >= 11 is 2.06. The number of thioether (sulfide) groups is 1. The molecule has 0 N–H and O–H groups in total. The highest BCUT2D eigenvalue weighted by Crippen LogP contribution is 2.47. The molecule has 1 aromatic carbocycles. The van der Waals surface area contributed by atoms with E-state index < -0.39 is 0 Å². The van der Waals surface area contributed by atoms with Gasteiger partial charge in [0.1, 0.15) is 0 Å². The fourth-order valence-electron chi connectivity index (χ4n) is 3.20. The highest BCUT2D eigenvalue weighted by atomic mass is 32.2. The average molecular weight is 262 g/mol. The van der Waals surface area contributed by atoms with Gasteiger partial charge >= 0.3 is 0 Å². The van der Waals surface area contributed by atoms with Crippen LogP contribution in [-0.4, -0.2) is 5.75 Å². The molecule has 1 aliphatic heterocycles. The number of fused-ring (bicyclic) bond motifs is 1. The first-order valence-electron chi connectivity index (χ1n) is 7.55. The summed E-state index contributed by atoms with van der Waals surface area (Å²) in [6.07, 6.45) is 9.56. The van der Waals surface area contributed by atoms with Crippen molar-refractivity contribution in [3.63, 3.8) is 0 Å². The van der Waals surface area contributed by atoms with Gasteiger partial charge in [-0.3, -0.25) is 0 Å². The SMILES string of the molecule is CCCCC1(CCCC)CCSc2ccccc21. The highest BCUT2D eigenvalue weighted by molar-refractivity contribution is 7.99. The van der Waals surface area contributed by atoms with Crippen molar-refractivity contribution in [3.05, 3.63) is 29.8 Å². The summed E-state index contributed by atoms with van der Waals surface area (Å²) in [7, 11) is 0. The number of hydrogen-bond donors (Lipinski definition) is 0. The molecule has 0 aromatic heterocycles. The zero-order chi connectivity index (χ0) is 12.8. The second-order valence-electron chi connectivity index (χ2n) is 5.58. The van der Waals surface area contributed by atoms with E-state index >= 15 is 0 Å². The Morgan fingerprint density at radius 1 is 1.06 bits per heavy atom. The van der Waals surface area contributed by atoms with Gasteiger partial charge in [-0.25, -0.2) is 0 Å². The molecule has 0 nitrogen and oxygen atoms in total. The van der Waals surface area contributed by atoms with E-state index in [4.69, 9.17) is 0 Å². The Bertz CT molecular complexity index is 362. The maximum atomic E-state index is 2.40. The number of benzene rings is 1. The Balaban J connectivity index is 2.28. The second kappa shape index (κ2) is 6.65. The van der Waals surface area contributed by atoms with Crippen molar-refractivity contribution < 1.29 is 0 Å². The minimum Gasteiger partial charge on any atom is -0.126 e. The van der Waals surface area contributed by atoms with Gasteiger partial charge in [0.15, 0.2) is 0 Å². The zero-order valence-corrected chi connectivity index (χ0v) is 12.7. The molecule has 1 aromatic rings. The summed E-state index contributed by atoms with van der Waals surface area (Å²) < 4.78 is 0. The van der Waals surface area contributed by atoms with Crippen molar-refractivity contribution in [2.75, 3.05) is 5.75 Å². The van der Waals surface area contributed by atoms with E-state index in [1.807, 2.05) is 0 Å². The summed E-state index contributed by atoms with van der Waals surface area (Å²) in [5, 5.41) is 0. The molecule has 0 spiro atoms. The predicted molar refractivity (Wildman–Crippen MR) is 82.5 cm³/mol. The molecule has 0 atom stereocenters. The van der Waals surface area contributed by atoms with Crippen LogP contribution < -0.4 is 0 Å². The van der Waals surface area contributed by atoms with E-state index in [2.05, 4.69) is 49.9 Å². The summed E-state index contributed by atoms with van der Waals surface area (Å²) in [4.78, 5) is 1.55. The van der Waals surface area contributed by atoms with Crippen LogP contribution in [0.5, 0.6) is 0 Å². The van der Waals surface area contributed by atoms with Crippen LogP contribution >= 0.6 is 11.8 Å². The third kappa shape index (κ3) is 2.93. The number of hydrogen-bond acceptors (Lipinski definition) is 1. The van der Waals surface area contributed by atoms with E-state index in [9.17, 15) is 0 Å². The lowest BCUT2D eigenvalue weighted by Gasteiger charge is -2.39. The number of unbranched alkanes of at least 4 members (excludes halogenated alkanes) is 2. The van der Waals surface area contributed by atoms with Crippen LogP contribution in [0.3, 0.4) is 0 Å². The van der Waals surface area contributed by atoms with Crippen LogP contribution in [0.1, 0.15) is 64.4 Å². The topological polar surface area (TPSA) is 0 Å². The van der Waals surface area contributed by atoms with Crippen LogP contribution in [0.25, 0.3) is 0 Å². The molecule has 0 saturated carbocycles. The van der Waals surface area contributed by atoms with Crippen molar-refractivity contribution in [2.45, 2.75) is 69.1 Å². The van der Waals surface area contributed by atoms with Crippen LogP contribution in [-0.2, 0) is 5.41 Å². The molecule has 0 bridgehead atoms. The molecule has 1 heteroatoms. The van der Waals surface area contributed by atoms with E-state index in [0.29, 0.717) is 5.41 Å². The van der Waals surface area contributed by atoms with Crippen molar-refractivity contribution in [1.82, 2.24) is 0 Å². The third-order valence-corrected chi connectivity index (χ3v) is 5.39. The van der Waals surface area contributed by atoms with Crippen molar-refractivity contribution in [3.8, 4) is 0 Å². The van der Waals surface area contributed by atoms with Crippen molar-refractivity contribution in [1.29, 1.82) is 0 Å². The quantitative estimate of drug-likeness (QED) is 0.624. The summed E-state index contributed by atoms with van der Waals surface area (Å²) in [6.45, 7) is 4.63. The Morgan fingerprint density at radius 2 is 1.72 bits per heavy atom. The molecular weight excluding hydrogens is 236 g/mol. The molecular formula is C17H26S. The third-order valence-electron chi connectivity index (χ3n) is 4.31. The lowest BCUT2D eigenvalue weighted by atomic mass is 9.70. The summed E-state index contributed by atoms with van der Waals surface area (Å²) in [5.74, 6) is 1.31. The summed E-state index contributed by atoms with van der Waals surface area (Å²) in [6, 6.07) is 9.15. The van der Waals surface area contributed by atoms with Gasteiger partial charge in [-0.1, -0.05) is 57.7 Å². The molecule has 1 aliphatic rings. The van der Waals surface area contributed by atoms with Gasteiger partial charge in [-0.05, 0) is 42.1 Å². The Kier molecular flexibility index (Phi) is 5.17. The number of rotatable bonds is 6. The average Bonchev–Trinajstić information content (AvgIpc) is 2.43. The van der Waals surface area contributed by atoms with Crippen molar-refractivity contribution in [2.24, 2.45) is 0 Å². The second-order valence-corrected chi connectivity index (χ2v) is 6.72. The first-order valence-corrected chi connectivity index (χ1v) is 8.53. The Hall–Kier alpha value is -0.430. The molecule has 18 heavy (non-hydrogen) atoms. The van der Waals surface area contributed by atoms with E-state index in [1.165, 1.54) is 50.7 Å². The minimum atomic E-state index is 0.494. The van der Waals surface area contributed by atoms with Gasteiger partial charge in [-0.15, -0.1) is 11.8 Å². The minimum absolute atomic E-state index is 0.494. The molecule has 2 rings (SSSR count).